The number of nitrogens with one attached hydrogen (secondary N) is 2. The molecule has 0 aromatic carbocycles. The fourth-order valence-electron chi connectivity index (χ4n) is 2.96. The molecule has 5 unspecified atom stereocenters. The van der Waals surface area contributed by atoms with E-state index in [9.17, 15) is 24.3 Å². The molecule has 29 heavy (non-hydrogen) atoms. The SMILES string of the molecule is CSCCC(N)C(=O)NC(C(=O)N1CCCC1C(=O)NC(CO)C(=O)O)C(C)O. The number of rotatable bonds is 11. The van der Waals surface area contributed by atoms with Crippen LogP contribution in [0.2, 0.25) is 0 Å². The van der Waals surface area contributed by atoms with Crippen molar-refractivity contribution >= 4 is 35.5 Å². The van der Waals surface area contributed by atoms with Crippen molar-refractivity contribution in [2.45, 2.75) is 56.5 Å². The molecule has 5 atom stereocenters. The summed E-state index contributed by atoms with van der Waals surface area (Å²) in [5.41, 5.74) is 5.80. The number of amides is 3. The topological polar surface area (TPSA) is 182 Å². The first-order chi connectivity index (χ1) is 13.6. The van der Waals surface area contributed by atoms with Crippen molar-refractivity contribution in [3.05, 3.63) is 0 Å². The molecular weight excluding hydrogens is 404 g/mol. The quantitative estimate of drug-likeness (QED) is 0.204. The summed E-state index contributed by atoms with van der Waals surface area (Å²) in [6, 6.07) is -4.57. The molecular formula is C17H30N4O7S. The molecule has 1 fully saturated rings. The van der Waals surface area contributed by atoms with Crippen LogP contribution in [0.25, 0.3) is 0 Å². The number of thioether (sulfide) groups is 1. The molecule has 1 aliphatic rings. The van der Waals surface area contributed by atoms with Crippen molar-refractivity contribution < 1.29 is 34.5 Å². The molecule has 0 aromatic rings. The normalized spacial score (nSPS) is 20.4. The van der Waals surface area contributed by atoms with Crippen molar-refractivity contribution in [2.75, 3.05) is 25.2 Å². The van der Waals surface area contributed by atoms with E-state index in [1.165, 1.54) is 23.6 Å². The third kappa shape index (κ3) is 7.14. The number of carboxylic acid groups (broad SMARTS) is 1. The molecule has 7 N–H and O–H groups in total. The standard InChI is InChI=1S/C17H30N4O7S/c1-9(23)13(20-14(24)10(18)5-7-29-2)16(26)21-6-3-4-12(21)15(25)19-11(8-22)17(27)28/h9-13,22-23H,3-8,18H2,1-2H3,(H,19,25)(H,20,24)(H,27,28). The molecule has 1 heterocycles. The molecule has 0 aliphatic carbocycles. The first-order valence-corrected chi connectivity index (χ1v) is 10.7. The summed E-state index contributed by atoms with van der Waals surface area (Å²) in [5, 5.41) is 32.7. The van der Waals surface area contributed by atoms with E-state index in [0.717, 1.165) is 0 Å². The lowest BCUT2D eigenvalue weighted by Crippen LogP contribution is -2.59. The summed E-state index contributed by atoms with van der Waals surface area (Å²) >= 11 is 1.52. The lowest BCUT2D eigenvalue weighted by molar-refractivity contribution is -0.146. The van der Waals surface area contributed by atoms with Crippen LogP contribution in [0.5, 0.6) is 0 Å². The summed E-state index contributed by atoms with van der Waals surface area (Å²) in [4.78, 5) is 49.8. The monoisotopic (exact) mass is 434 g/mol. The van der Waals surface area contributed by atoms with Crippen LogP contribution in [0.3, 0.4) is 0 Å². The van der Waals surface area contributed by atoms with E-state index in [4.69, 9.17) is 15.9 Å². The van der Waals surface area contributed by atoms with Gasteiger partial charge in [0.1, 0.15) is 18.1 Å². The second-order valence-electron chi connectivity index (χ2n) is 6.89. The molecule has 3 amide bonds. The van der Waals surface area contributed by atoms with E-state index >= 15 is 0 Å². The summed E-state index contributed by atoms with van der Waals surface area (Å²) in [7, 11) is 0. The molecule has 1 saturated heterocycles. The second-order valence-corrected chi connectivity index (χ2v) is 7.87. The van der Waals surface area contributed by atoms with Gasteiger partial charge in [-0.05, 0) is 38.2 Å². The lowest BCUT2D eigenvalue weighted by Gasteiger charge is -2.31. The number of nitrogens with two attached hydrogens (primary N) is 1. The minimum absolute atomic E-state index is 0.214. The molecule has 11 nitrogen and oxygen atoms in total. The molecule has 0 bridgehead atoms. The number of hydrogen-bond acceptors (Lipinski definition) is 8. The highest BCUT2D eigenvalue weighted by Gasteiger charge is 2.40. The van der Waals surface area contributed by atoms with Gasteiger partial charge >= 0.3 is 5.97 Å². The average Bonchev–Trinajstić information content (AvgIpc) is 3.16. The highest BCUT2D eigenvalue weighted by Crippen LogP contribution is 2.19. The minimum atomic E-state index is -1.48. The molecule has 0 spiro atoms. The number of carbonyl (C=O) groups is 4. The second kappa shape index (κ2) is 12.0. The number of carboxylic acids is 1. The minimum Gasteiger partial charge on any atom is -0.480 e. The van der Waals surface area contributed by atoms with Crippen LogP contribution in [0.15, 0.2) is 0 Å². The van der Waals surface area contributed by atoms with E-state index in [0.29, 0.717) is 25.0 Å². The third-order valence-corrected chi connectivity index (χ3v) is 5.30. The van der Waals surface area contributed by atoms with Gasteiger partial charge in [0.2, 0.25) is 17.7 Å². The lowest BCUT2D eigenvalue weighted by atomic mass is 10.1. The Bertz CT molecular complexity index is 604. The maximum Gasteiger partial charge on any atom is 0.328 e. The third-order valence-electron chi connectivity index (χ3n) is 4.65. The number of aliphatic hydroxyl groups excluding tert-OH is 2. The fraction of sp³-hybridized carbons (Fsp3) is 0.765. The number of likely N-dealkylation sites (tertiary alicyclic amines) is 1. The maximum absolute atomic E-state index is 12.9. The first kappa shape index (κ1) is 25.1. The Kier molecular flexibility index (Phi) is 10.4. The van der Waals surface area contributed by atoms with Crippen molar-refractivity contribution in [1.82, 2.24) is 15.5 Å². The molecule has 0 aromatic heterocycles. The van der Waals surface area contributed by atoms with Crippen molar-refractivity contribution in [1.29, 1.82) is 0 Å². The Morgan fingerprint density at radius 1 is 1.28 bits per heavy atom. The summed E-state index contributed by atoms with van der Waals surface area (Å²) in [5.74, 6) is -2.69. The summed E-state index contributed by atoms with van der Waals surface area (Å²) < 4.78 is 0. The van der Waals surface area contributed by atoms with Crippen LogP contribution in [0.4, 0.5) is 0 Å². The Hall–Kier alpha value is -1.89. The molecule has 1 aliphatic heterocycles. The zero-order valence-corrected chi connectivity index (χ0v) is 17.4. The highest BCUT2D eigenvalue weighted by atomic mass is 32.2. The zero-order valence-electron chi connectivity index (χ0n) is 16.5. The van der Waals surface area contributed by atoms with Crippen LogP contribution >= 0.6 is 11.8 Å². The van der Waals surface area contributed by atoms with Crippen LogP contribution in [0, 0.1) is 0 Å². The van der Waals surface area contributed by atoms with E-state index in [-0.39, 0.29) is 6.54 Å². The van der Waals surface area contributed by atoms with Gasteiger partial charge in [-0.3, -0.25) is 14.4 Å². The Morgan fingerprint density at radius 2 is 1.93 bits per heavy atom. The van der Waals surface area contributed by atoms with Gasteiger partial charge in [0, 0.05) is 6.54 Å². The van der Waals surface area contributed by atoms with Crippen LogP contribution < -0.4 is 16.4 Å². The van der Waals surface area contributed by atoms with Crippen molar-refractivity contribution in [2.24, 2.45) is 5.73 Å². The number of nitrogens with zero attached hydrogens (tertiary/aromatic N) is 1. The van der Waals surface area contributed by atoms with Gasteiger partial charge in [0.05, 0.1) is 18.8 Å². The zero-order chi connectivity index (χ0) is 22.1. The van der Waals surface area contributed by atoms with E-state index in [1.54, 1.807) is 0 Å². The summed E-state index contributed by atoms with van der Waals surface area (Å²) in [6.07, 6.45) is 1.84. The van der Waals surface area contributed by atoms with Gasteiger partial charge in [0.15, 0.2) is 0 Å². The van der Waals surface area contributed by atoms with E-state index < -0.39 is 60.6 Å². The smallest absolute Gasteiger partial charge is 0.328 e. The van der Waals surface area contributed by atoms with Crippen molar-refractivity contribution in [3.8, 4) is 0 Å². The number of aliphatic carboxylic acids is 1. The average molecular weight is 435 g/mol. The Balaban J connectivity index is 2.86. The largest absolute Gasteiger partial charge is 0.480 e. The van der Waals surface area contributed by atoms with Crippen LogP contribution in [0.1, 0.15) is 26.2 Å². The summed E-state index contributed by atoms with van der Waals surface area (Å²) in [6.45, 7) is 0.765. The van der Waals surface area contributed by atoms with E-state index in [2.05, 4.69) is 10.6 Å². The Labute approximate surface area is 173 Å². The van der Waals surface area contributed by atoms with Gasteiger partial charge in [-0.25, -0.2) is 4.79 Å². The van der Waals surface area contributed by atoms with Gasteiger partial charge in [-0.15, -0.1) is 0 Å². The van der Waals surface area contributed by atoms with Crippen molar-refractivity contribution in [3.63, 3.8) is 0 Å². The number of carbonyl (C=O) groups excluding carboxylic acids is 3. The van der Waals surface area contributed by atoms with Gasteiger partial charge in [0.25, 0.3) is 0 Å². The molecule has 12 heteroatoms. The molecule has 1 rings (SSSR count). The van der Waals surface area contributed by atoms with Gasteiger partial charge in [-0.1, -0.05) is 0 Å². The predicted octanol–water partition coefficient (Wildman–Crippen LogP) is -2.51. The molecule has 0 saturated carbocycles. The van der Waals surface area contributed by atoms with E-state index in [1.807, 2.05) is 6.26 Å². The van der Waals surface area contributed by atoms with Gasteiger partial charge in [-0.2, -0.15) is 11.8 Å². The number of hydrogen-bond donors (Lipinski definition) is 6. The maximum atomic E-state index is 12.9. The van der Waals surface area contributed by atoms with Gasteiger partial charge < -0.3 is 36.6 Å². The number of aliphatic hydroxyl groups is 2. The van der Waals surface area contributed by atoms with Crippen LogP contribution in [-0.4, -0.2) is 99.3 Å². The highest BCUT2D eigenvalue weighted by molar-refractivity contribution is 7.98. The Morgan fingerprint density at radius 3 is 2.45 bits per heavy atom. The fourth-order valence-corrected chi connectivity index (χ4v) is 3.45. The molecule has 0 radical (unpaired) electrons. The van der Waals surface area contributed by atoms with Crippen LogP contribution in [-0.2, 0) is 19.2 Å². The first-order valence-electron chi connectivity index (χ1n) is 9.31. The predicted molar refractivity (Wildman–Crippen MR) is 106 cm³/mol. The molecule has 166 valence electrons.